The van der Waals surface area contributed by atoms with Gasteiger partial charge in [0, 0.05) is 12.8 Å². The zero-order chi connectivity index (χ0) is 51.3. The maximum Gasteiger partial charge on any atom is 0.306 e. The Morgan fingerprint density at radius 1 is 0.429 bits per heavy atom. The van der Waals surface area contributed by atoms with Crippen molar-refractivity contribution in [3.8, 4) is 0 Å². The second kappa shape index (κ2) is 52.1. The SMILES string of the molecule is CCCCCCCCCCCCCCCC/C=C/CC/C=C/CCCC(=O)O[C@H](COC(=O)CCC/C=C/CCCCCCCCCCCCCCCCCCCC)COP(=O)([O-])OCC[N+](C)(C)C. The molecule has 0 amide bonds. The maximum absolute atomic E-state index is 12.8. The second-order valence-corrected chi connectivity index (χ2v) is 22.8. The van der Waals surface area contributed by atoms with Crippen LogP contribution in [-0.4, -0.2) is 70.0 Å². The summed E-state index contributed by atoms with van der Waals surface area (Å²) in [6.45, 7) is 4.21. The number of carbonyl (C=O) groups is 2. The van der Waals surface area contributed by atoms with Crippen molar-refractivity contribution in [1.29, 1.82) is 0 Å². The Labute approximate surface area is 433 Å². The van der Waals surface area contributed by atoms with E-state index in [1.807, 2.05) is 21.1 Å². The van der Waals surface area contributed by atoms with Crippen molar-refractivity contribution in [3.63, 3.8) is 0 Å². The number of quaternary nitrogens is 1. The highest BCUT2D eigenvalue weighted by molar-refractivity contribution is 7.45. The molecule has 0 radical (unpaired) electrons. The van der Waals surface area contributed by atoms with E-state index in [2.05, 4.69) is 50.3 Å². The number of unbranched alkanes of at least 4 members (excludes halogenated alkanes) is 35. The number of phosphoric acid groups is 1. The number of likely N-dealkylation sites (N-methyl/N-ethyl adjacent to an activating group) is 1. The van der Waals surface area contributed by atoms with Crippen LogP contribution in [0.15, 0.2) is 36.5 Å². The Hall–Kier alpha value is -1.77. The van der Waals surface area contributed by atoms with Crippen molar-refractivity contribution in [2.75, 3.05) is 47.5 Å². The summed E-state index contributed by atoms with van der Waals surface area (Å²) in [4.78, 5) is 37.8. The third kappa shape index (κ3) is 55.5. The largest absolute Gasteiger partial charge is 0.756 e. The van der Waals surface area contributed by atoms with Crippen LogP contribution in [-0.2, 0) is 32.7 Å². The van der Waals surface area contributed by atoms with Crippen LogP contribution in [0.1, 0.15) is 284 Å². The highest BCUT2D eigenvalue weighted by Crippen LogP contribution is 2.38. The Morgan fingerprint density at radius 2 is 0.743 bits per heavy atom. The predicted molar refractivity (Wildman–Crippen MR) is 296 cm³/mol. The summed E-state index contributed by atoms with van der Waals surface area (Å²) in [5.41, 5.74) is 0. The predicted octanol–water partition coefficient (Wildman–Crippen LogP) is 17.7. The molecular weight excluding hydrogens is 894 g/mol. The number of phosphoric ester groups is 1. The van der Waals surface area contributed by atoms with Crippen LogP contribution in [0.2, 0.25) is 0 Å². The molecule has 0 aromatic heterocycles. The van der Waals surface area contributed by atoms with Gasteiger partial charge in [0.25, 0.3) is 7.82 Å². The number of hydrogen-bond acceptors (Lipinski definition) is 8. The molecule has 0 saturated heterocycles. The quantitative estimate of drug-likeness (QED) is 0.0195. The van der Waals surface area contributed by atoms with E-state index in [-0.39, 0.29) is 26.1 Å². The molecule has 70 heavy (non-hydrogen) atoms. The first-order valence-electron chi connectivity index (χ1n) is 29.7. The zero-order valence-electron chi connectivity index (χ0n) is 46.7. The van der Waals surface area contributed by atoms with E-state index in [0.29, 0.717) is 23.9 Å². The molecule has 0 spiro atoms. The second-order valence-electron chi connectivity index (χ2n) is 21.3. The van der Waals surface area contributed by atoms with E-state index in [4.69, 9.17) is 18.5 Å². The van der Waals surface area contributed by atoms with Crippen molar-refractivity contribution >= 4 is 19.8 Å². The number of carbonyl (C=O) groups excluding carboxylic acids is 2. The lowest BCUT2D eigenvalue weighted by Gasteiger charge is -2.28. The molecule has 1 unspecified atom stereocenters. The molecule has 0 aliphatic heterocycles. The van der Waals surface area contributed by atoms with E-state index in [1.165, 1.54) is 205 Å². The minimum absolute atomic E-state index is 0.0406. The van der Waals surface area contributed by atoms with E-state index in [9.17, 15) is 19.0 Å². The fraction of sp³-hybridized carbons (Fsp3) is 0.867. The van der Waals surface area contributed by atoms with Crippen LogP contribution >= 0.6 is 7.82 Å². The van der Waals surface area contributed by atoms with Crippen LogP contribution in [0.5, 0.6) is 0 Å². The normalized spacial score (nSPS) is 13.5. The topological polar surface area (TPSA) is 111 Å². The molecule has 10 heteroatoms. The van der Waals surface area contributed by atoms with Gasteiger partial charge in [-0.25, -0.2) is 0 Å². The first kappa shape index (κ1) is 68.2. The molecule has 0 aliphatic rings. The number of allylic oxidation sites excluding steroid dienone is 6. The first-order chi connectivity index (χ1) is 34.0. The molecule has 0 aromatic rings. The fourth-order valence-electron chi connectivity index (χ4n) is 8.51. The molecule has 0 aliphatic carbocycles. The monoisotopic (exact) mass is 1010 g/mol. The lowest BCUT2D eigenvalue weighted by molar-refractivity contribution is -0.870. The van der Waals surface area contributed by atoms with E-state index >= 15 is 0 Å². The molecular formula is C60H114NO8P. The Balaban J connectivity index is 4.21. The molecule has 0 fully saturated rings. The third-order valence-corrected chi connectivity index (χ3v) is 14.1. The van der Waals surface area contributed by atoms with Crippen molar-refractivity contribution < 1.29 is 42.1 Å². The highest BCUT2D eigenvalue weighted by atomic mass is 31.2. The number of nitrogens with zero attached hydrogens (tertiary/aromatic N) is 1. The van der Waals surface area contributed by atoms with E-state index in [0.717, 1.165) is 38.5 Å². The summed E-state index contributed by atoms with van der Waals surface area (Å²) in [5, 5.41) is 0. The van der Waals surface area contributed by atoms with Crippen molar-refractivity contribution in [3.05, 3.63) is 36.5 Å². The first-order valence-corrected chi connectivity index (χ1v) is 31.2. The van der Waals surface area contributed by atoms with Crippen LogP contribution < -0.4 is 4.89 Å². The third-order valence-electron chi connectivity index (χ3n) is 13.1. The average molecular weight is 1010 g/mol. The summed E-state index contributed by atoms with van der Waals surface area (Å²) < 4.78 is 34.1. The lowest BCUT2D eigenvalue weighted by Crippen LogP contribution is -2.37. The van der Waals surface area contributed by atoms with E-state index < -0.39 is 32.5 Å². The molecule has 0 bridgehead atoms. The van der Waals surface area contributed by atoms with Gasteiger partial charge in [-0.1, -0.05) is 243 Å². The van der Waals surface area contributed by atoms with Crippen LogP contribution in [0.4, 0.5) is 0 Å². The molecule has 0 aromatic carbocycles. The summed E-state index contributed by atoms with van der Waals surface area (Å²) >= 11 is 0. The fourth-order valence-corrected chi connectivity index (χ4v) is 9.23. The van der Waals surface area contributed by atoms with Gasteiger partial charge in [-0.3, -0.25) is 14.2 Å². The molecule has 0 N–H and O–H groups in total. The summed E-state index contributed by atoms with van der Waals surface area (Å²) in [6, 6.07) is 0. The van der Waals surface area contributed by atoms with Gasteiger partial charge < -0.3 is 27.9 Å². The van der Waals surface area contributed by atoms with Crippen LogP contribution in [0.25, 0.3) is 0 Å². The number of ether oxygens (including phenoxy) is 2. The minimum atomic E-state index is -4.65. The van der Waals surface area contributed by atoms with Gasteiger partial charge in [0.15, 0.2) is 6.10 Å². The Morgan fingerprint density at radius 3 is 1.10 bits per heavy atom. The van der Waals surface area contributed by atoms with Crippen LogP contribution in [0, 0.1) is 0 Å². The molecule has 0 heterocycles. The standard InChI is InChI=1S/C60H114NO8P/c1-6-8-10-12-14-16-18-20-22-24-26-28-30-32-34-36-38-40-42-44-46-48-50-52-59(62)66-56-58(57-68-70(64,65)67-55-54-61(3,4)5)69-60(63)53-51-49-47-45-43-41-39-37-35-33-31-29-27-25-23-21-19-17-15-13-11-9-7-2/h37,39,44-47,58H,6-36,38,40-43,48-57H2,1-5H3/b39-37+,46-44+,47-45+/t58-/m1/s1. The molecule has 9 nitrogen and oxygen atoms in total. The Bertz CT molecular complexity index is 1280. The van der Waals surface area contributed by atoms with Gasteiger partial charge in [-0.15, -0.1) is 0 Å². The van der Waals surface area contributed by atoms with Gasteiger partial charge in [0.1, 0.15) is 19.8 Å². The van der Waals surface area contributed by atoms with Gasteiger partial charge >= 0.3 is 11.9 Å². The summed E-state index contributed by atoms with van der Waals surface area (Å²) in [5.74, 6) is -0.909. The number of rotatable bonds is 55. The van der Waals surface area contributed by atoms with Gasteiger partial charge in [0.05, 0.1) is 27.7 Å². The smallest absolute Gasteiger partial charge is 0.306 e. The van der Waals surface area contributed by atoms with Gasteiger partial charge in [-0.05, 0) is 64.2 Å². The zero-order valence-corrected chi connectivity index (χ0v) is 47.6. The molecule has 0 saturated carbocycles. The van der Waals surface area contributed by atoms with Crippen LogP contribution in [0.3, 0.4) is 0 Å². The molecule has 0 rings (SSSR count). The van der Waals surface area contributed by atoms with Gasteiger partial charge in [-0.2, -0.15) is 0 Å². The summed E-state index contributed by atoms with van der Waals surface area (Å²) in [6.07, 6.45) is 63.6. The minimum Gasteiger partial charge on any atom is -0.756 e. The molecule has 2 atom stereocenters. The van der Waals surface area contributed by atoms with Crippen molar-refractivity contribution in [2.24, 2.45) is 0 Å². The van der Waals surface area contributed by atoms with Crippen molar-refractivity contribution in [2.45, 2.75) is 290 Å². The number of esters is 2. The number of hydrogen-bond donors (Lipinski definition) is 0. The summed E-state index contributed by atoms with van der Waals surface area (Å²) in [7, 11) is 1.14. The van der Waals surface area contributed by atoms with Crippen molar-refractivity contribution in [1.82, 2.24) is 0 Å². The van der Waals surface area contributed by atoms with E-state index in [1.54, 1.807) is 0 Å². The maximum atomic E-state index is 12.8. The highest BCUT2D eigenvalue weighted by Gasteiger charge is 2.21. The Kier molecular flexibility index (Phi) is 50.8. The van der Waals surface area contributed by atoms with Gasteiger partial charge in [0.2, 0.25) is 0 Å². The molecule has 412 valence electrons. The average Bonchev–Trinajstić information content (AvgIpc) is 3.32. The lowest BCUT2D eigenvalue weighted by atomic mass is 10.0.